The van der Waals surface area contributed by atoms with Crippen molar-refractivity contribution in [3.8, 4) is 17.2 Å². The first-order chi connectivity index (χ1) is 11.3. The minimum atomic E-state index is -4.84. The molecule has 2 aromatic carbocycles. The highest BCUT2D eigenvalue weighted by atomic mass is 19.4. The Morgan fingerprint density at radius 2 is 1.79 bits per heavy atom. The van der Waals surface area contributed by atoms with Gasteiger partial charge in [0, 0.05) is 11.6 Å². The number of fused-ring (bicyclic) bond motifs is 1. The van der Waals surface area contributed by atoms with Gasteiger partial charge in [-0.1, -0.05) is 18.2 Å². The smallest absolute Gasteiger partial charge is 0.430 e. The van der Waals surface area contributed by atoms with E-state index in [1.54, 1.807) is 30.3 Å². The van der Waals surface area contributed by atoms with Gasteiger partial charge in [0.05, 0.1) is 5.57 Å². The van der Waals surface area contributed by atoms with Crippen LogP contribution in [-0.4, -0.2) is 23.4 Å². The second kappa shape index (κ2) is 5.92. The summed E-state index contributed by atoms with van der Waals surface area (Å²) in [5.74, 6) is -0.959. The summed E-state index contributed by atoms with van der Waals surface area (Å²) in [5, 5.41) is 8.97. The van der Waals surface area contributed by atoms with Crippen LogP contribution in [0, 0.1) is 0 Å². The summed E-state index contributed by atoms with van der Waals surface area (Å²) in [6.07, 6.45) is -6.39. The highest BCUT2D eigenvalue weighted by Gasteiger charge is 2.48. The van der Waals surface area contributed by atoms with Crippen LogP contribution >= 0.6 is 0 Å². The number of hydrogen-bond donors (Lipinski definition) is 1. The van der Waals surface area contributed by atoms with Crippen LogP contribution < -0.4 is 9.47 Å². The fraction of sp³-hybridized carbons (Fsp3) is 0.118. The summed E-state index contributed by atoms with van der Waals surface area (Å²) in [4.78, 5) is 11.1. The molecule has 3 rings (SSSR count). The fourth-order valence-corrected chi connectivity index (χ4v) is 2.27. The van der Waals surface area contributed by atoms with Crippen LogP contribution in [0.5, 0.6) is 17.2 Å². The van der Waals surface area contributed by atoms with Gasteiger partial charge in [-0.25, -0.2) is 4.79 Å². The molecular weight excluding hydrogens is 325 g/mol. The van der Waals surface area contributed by atoms with Crippen molar-refractivity contribution in [2.45, 2.75) is 12.3 Å². The maximum atomic E-state index is 13.0. The Morgan fingerprint density at radius 1 is 1.08 bits per heavy atom. The van der Waals surface area contributed by atoms with E-state index in [2.05, 4.69) is 0 Å². The lowest BCUT2D eigenvalue weighted by atomic mass is 10.0. The van der Waals surface area contributed by atoms with Gasteiger partial charge in [0.15, 0.2) is 0 Å². The maximum Gasteiger partial charge on any atom is 0.430 e. The van der Waals surface area contributed by atoms with Crippen molar-refractivity contribution in [3.63, 3.8) is 0 Å². The molecule has 1 aliphatic heterocycles. The number of carboxylic acids is 1. The first-order valence-corrected chi connectivity index (χ1v) is 6.90. The minimum absolute atomic E-state index is 0.0873. The van der Waals surface area contributed by atoms with Crippen LogP contribution in [0.1, 0.15) is 5.56 Å². The number of para-hydroxylation sites is 1. The molecule has 0 aromatic heterocycles. The van der Waals surface area contributed by atoms with Gasteiger partial charge in [0.25, 0.3) is 0 Å². The Hall–Kier alpha value is -2.96. The maximum absolute atomic E-state index is 13.0. The van der Waals surface area contributed by atoms with Crippen molar-refractivity contribution in [1.29, 1.82) is 0 Å². The molecule has 1 heterocycles. The van der Waals surface area contributed by atoms with Gasteiger partial charge in [-0.3, -0.25) is 0 Å². The monoisotopic (exact) mass is 336 g/mol. The average Bonchev–Trinajstić information content (AvgIpc) is 2.53. The normalized spacial score (nSPS) is 16.6. The third-order valence-corrected chi connectivity index (χ3v) is 3.35. The zero-order chi connectivity index (χ0) is 17.3. The van der Waals surface area contributed by atoms with Crippen LogP contribution in [-0.2, 0) is 4.79 Å². The van der Waals surface area contributed by atoms with Crippen LogP contribution in [0.15, 0.2) is 54.1 Å². The number of carboxylic acid groups (broad SMARTS) is 1. The molecule has 4 nitrogen and oxygen atoms in total. The van der Waals surface area contributed by atoms with E-state index in [1.165, 1.54) is 18.2 Å². The summed E-state index contributed by atoms with van der Waals surface area (Å²) >= 11 is 0. The van der Waals surface area contributed by atoms with E-state index < -0.39 is 23.8 Å². The molecule has 7 heteroatoms. The minimum Gasteiger partial charge on any atom is -0.478 e. The zero-order valence-corrected chi connectivity index (χ0v) is 12.1. The number of halogens is 3. The van der Waals surface area contributed by atoms with Gasteiger partial charge >= 0.3 is 12.1 Å². The Labute approximate surface area is 134 Å². The van der Waals surface area contributed by atoms with E-state index in [1.807, 2.05) is 0 Å². The second-order valence-electron chi connectivity index (χ2n) is 5.06. The summed E-state index contributed by atoms with van der Waals surface area (Å²) in [5.41, 5.74) is -0.611. The largest absolute Gasteiger partial charge is 0.478 e. The molecule has 0 bridgehead atoms. The predicted octanol–water partition coefficient (Wildman–Crippen LogP) is 4.27. The molecule has 0 saturated carbocycles. The SMILES string of the molecule is O=C(O)C1=Cc2ccc(Oc3ccccc3)cc2OC1C(F)(F)F. The molecule has 1 aliphatic rings. The van der Waals surface area contributed by atoms with Crippen molar-refractivity contribution < 1.29 is 32.5 Å². The van der Waals surface area contributed by atoms with Gasteiger partial charge in [-0.15, -0.1) is 0 Å². The number of carbonyl (C=O) groups is 1. The van der Waals surface area contributed by atoms with E-state index in [-0.39, 0.29) is 17.1 Å². The molecule has 1 N–H and O–H groups in total. The third-order valence-electron chi connectivity index (χ3n) is 3.35. The number of aliphatic carboxylic acids is 1. The number of hydrogen-bond acceptors (Lipinski definition) is 3. The van der Waals surface area contributed by atoms with Crippen molar-refractivity contribution >= 4 is 12.0 Å². The van der Waals surface area contributed by atoms with E-state index in [9.17, 15) is 18.0 Å². The number of rotatable bonds is 3. The first-order valence-electron chi connectivity index (χ1n) is 6.90. The van der Waals surface area contributed by atoms with Gasteiger partial charge in [0.1, 0.15) is 17.2 Å². The van der Waals surface area contributed by atoms with Crippen LogP contribution in [0.3, 0.4) is 0 Å². The number of ether oxygens (including phenoxy) is 2. The van der Waals surface area contributed by atoms with Gasteiger partial charge < -0.3 is 14.6 Å². The van der Waals surface area contributed by atoms with Gasteiger partial charge in [-0.2, -0.15) is 13.2 Å². The summed E-state index contributed by atoms with van der Waals surface area (Å²) < 4.78 is 49.5. The molecule has 0 fully saturated rings. The Kier molecular flexibility index (Phi) is 3.92. The van der Waals surface area contributed by atoms with E-state index in [4.69, 9.17) is 14.6 Å². The lowest BCUT2D eigenvalue weighted by molar-refractivity contribution is -0.187. The van der Waals surface area contributed by atoms with Crippen LogP contribution in [0.4, 0.5) is 13.2 Å². The van der Waals surface area contributed by atoms with Crippen molar-refractivity contribution in [2.75, 3.05) is 0 Å². The quantitative estimate of drug-likeness (QED) is 0.909. The standard InChI is InChI=1S/C17H11F3O4/c18-17(19,20)15-13(16(21)22)8-10-6-7-12(9-14(10)24-15)23-11-4-2-1-3-5-11/h1-9,15H,(H,21,22). The van der Waals surface area contributed by atoms with E-state index in [0.717, 1.165) is 6.08 Å². The predicted molar refractivity (Wildman–Crippen MR) is 79.0 cm³/mol. The molecular formula is C17H11F3O4. The fourth-order valence-electron chi connectivity index (χ4n) is 2.27. The van der Waals surface area contributed by atoms with Crippen LogP contribution in [0.2, 0.25) is 0 Å². The summed E-state index contributed by atoms with van der Waals surface area (Å²) in [6, 6.07) is 13.0. The molecule has 1 unspecified atom stereocenters. The lowest BCUT2D eigenvalue weighted by Crippen LogP contribution is -2.40. The summed E-state index contributed by atoms with van der Waals surface area (Å²) in [7, 11) is 0. The highest BCUT2D eigenvalue weighted by Crippen LogP contribution is 2.39. The van der Waals surface area contributed by atoms with Crippen molar-refractivity contribution in [2.24, 2.45) is 0 Å². The number of benzene rings is 2. The molecule has 124 valence electrons. The molecule has 0 spiro atoms. The molecule has 0 aliphatic carbocycles. The van der Waals surface area contributed by atoms with Crippen LogP contribution in [0.25, 0.3) is 6.08 Å². The molecule has 2 aromatic rings. The number of alkyl halides is 3. The molecule has 1 atom stereocenters. The molecule has 0 saturated heterocycles. The van der Waals surface area contributed by atoms with Crippen molar-refractivity contribution in [1.82, 2.24) is 0 Å². The Balaban J connectivity index is 1.95. The Morgan fingerprint density at radius 3 is 2.42 bits per heavy atom. The second-order valence-corrected chi connectivity index (χ2v) is 5.06. The Bertz CT molecular complexity index is 797. The molecule has 24 heavy (non-hydrogen) atoms. The zero-order valence-electron chi connectivity index (χ0n) is 12.1. The molecule has 0 radical (unpaired) electrons. The summed E-state index contributed by atoms with van der Waals surface area (Å²) in [6.45, 7) is 0. The average molecular weight is 336 g/mol. The highest BCUT2D eigenvalue weighted by molar-refractivity contribution is 5.95. The van der Waals surface area contributed by atoms with Gasteiger partial charge in [-0.05, 0) is 30.3 Å². The van der Waals surface area contributed by atoms with E-state index >= 15 is 0 Å². The molecule has 0 amide bonds. The lowest BCUT2D eigenvalue weighted by Gasteiger charge is -2.27. The van der Waals surface area contributed by atoms with E-state index in [0.29, 0.717) is 5.75 Å². The first kappa shape index (κ1) is 15.9. The topological polar surface area (TPSA) is 55.8 Å². The third kappa shape index (κ3) is 3.19. The van der Waals surface area contributed by atoms with Crippen molar-refractivity contribution in [3.05, 3.63) is 59.7 Å². The van der Waals surface area contributed by atoms with Gasteiger partial charge in [0.2, 0.25) is 6.10 Å².